The van der Waals surface area contributed by atoms with Gasteiger partial charge in [-0.3, -0.25) is 14.4 Å². The van der Waals surface area contributed by atoms with Gasteiger partial charge in [0, 0.05) is 6.07 Å². The monoisotopic (exact) mass is 240 g/mol. The van der Waals surface area contributed by atoms with Crippen molar-refractivity contribution >= 4 is 18.2 Å². The van der Waals surface area contributed by atoms with Crippen LogP contribution in [-0.4, -0.2) is 25.3 Å². The number of methoxy groups -OCH3 is 1. The number of ether oxygens (including phenoxy) is 2. The molecule has 0 amide bonds. The first kappa shape index (κ1) is 13.0. The highest BCUT2D eigenvalue weighted by Gasteiger charge is 2.20. The van der Waals surface area contributed by atoms with Crippen LogP contribution in [0.15, 0.2) is 16.5 Å². The van der Waals surface area contributed by atoms with Crippen LogP contribution < -0.4 is 4.74 Å². The van der Waals surface area contributed by atoms with E-state index in [1.54, 1.807) is 0 Å². The molecule has 0 saturated heterocycles. The van der Waals surface area contributed by atoms with Crippen molar-refractivity contribution in [1.82, 2.24) is 0 Å². The minimum Gasteiger partial charge on any atom is -0.469 e. The summed E-state index contributed by atoms with van der Waals surface area (Å²) >= 11 is 0. The van der Waals surface area contributed by atoms with Crippen LogP contribution in [0.1, 0.15) is 23.9 Å². The number of carbonyl (C=O) groups excluding carboxylic acids is 3. The summed E-state index contributed by atoms with van der Waals surface area (Å²) < 4.78 is 14.1. The molecule has 1 heterocycles. The molecule has 1 atom stereocenters. The fraction of sp³-hybridized carbons (Fsp3) is 0.364. The van der Waals surface area contributed by atoms with Gasteiger partial charge in [0.25, 0.3) is 5.95 Å². The standard InChI is InChI=1S/C11H12O6/c1-7(5-9(13)15-2)11(14)17-10-4-3-8(6-12)16-10/h3-4,6-7H,5H2,1-2H3. The van der Waals surface area contributed by atoms with E-state index in [4.69, 9.17) is 9.15 Å². The van der Waals surface area contributed by atoms with Crippen LogP contribution in [0.3, 0.4) is 0 Å². The zero-order chi connectivity index (χ0) is 12.8. The Balaban J connectivity index is 2.53. The predicted octanol–water partition coefficient (Wildman–Crippen LogP) is 1.20. The summed E-state index contributed by atoms with van der Waals surface area (Å²) in [7, 11) is 1.24. The summed E-state index contributed by atoms with van der Waals surface area (Å²) in [6.45, 7) is 1.53. The van der Waals surface area contributed by atoms with Crippen LogP contribution in [0.4, 0.5) is 0 Å². The van der Waals surface area contributed by atoms with Crippen molar-refractivity contribution in [2.75, 3.05) is 7.11 Å². The predicted molar refractivity (Wildman–Crippen MR) is 55.5 cm³/mol. The van der Waals surface area contributed by atoms with Crippen molar-refractivity contribution in [2.45, 2.75) is 13.3 Å². The van der Waals surface area contributed by atoms with E-state index in [1.165, 1.54) is 26.2 Å². The Morgan fingerprint density at radius 2 is 2.18 bits per heavy atom. The molecule has 0 aliphatic carbocycles. The molecule has 1 aromatic rings. The molecule has 0 N–H and O–H groups in total. The highest BCUT2D eigenvalue weighted by Crippen LogP contribution is 2.17. The topological polar surface area (TPSA) is 82.8 Å². The Bertz CT molecular complexity index is 419. The fourth-order valence-electron chi connectivity index (χ4n) is 1.07. The lowest BCUT2D eigenvalue weighted by Gasteiger charge is -2.07. The van der Waals surface area contributed by atoms with Gasteiger partial charge in [0.1, 0.15) is 0 Å². The van der Waals surface area contributed by atoms with Gasteiger partial charge in [-0.05, 0) is 6.07 Å². The van der Waals surface area contributed by atoms with Crippen LogP contribution in [-0.2, 0) is 14.3 Å². The first-order chi connectivity index (χ1) is 8.06. The maximum Gasteiger partial charge on any atom is 0.317 e. The fourth-order valence-corrected chi connectivity index (χ4v) is 1.07. The first-order valence-electron chi connectivity index (χ1n) is 4.90. The molecule has 6 heteroatoms. The van der Waals surface area contributed by atoms with Gasteiger partial charge in [-0.15, -0.1) is 0 Å². The number of aldehydes is 1. The van der Waals surface area contributed by atoms with E-state index in [2.05, 4.69) is 4.74 Å². The van der Waals surface area contributed by atoms with E-state index >= 15 is 0 Å². The molecular formula is C11H12O6. The molecule has 6 nitrogen and oxygen atoms in total. The van der Waals surface area contributed by atoms with Crippen LogP contribution in [0.2, 0.25) is 0 Å². The van der Waals surface area contributed by atoms with Crippen molar-refractivity contribution in [3.8, 4) is 5.95 Å². The van der Waals surface area contributed by atoms with E-state index in [0.717, 1.165) is 0 Å². The zero-order valence-electron chi connectivity index (χ0n) is 9.47. The summed E-state index contributed by atoms with van der Waals surface area (Å²) in [5.41, 5.74) is 0. The van der Waals surface area contributed by atoms with Crippen molar-refractivity contribution in [1.29, 1.82) is 0 Å². The summed E-state index contributed by atoms with van der Waals surface area (Å²) in [6, 6.07) is 2.73. The number of hydrogen-bond acceptors (Lipinski definition) is 6. The highest BCUT2D eigenvalue weighted by molar-refractivity contribution is 5.80. The third kappa shape index (κ3) is 3.75. The zero-order valence-corrected chi connectivity index (χ0v) is 9.47. The molecule has 0 spiro atoms. The number of rotatable bonds is 5. The molecular weight excluding hydrogens is 228 g/mol. The quantitative estimate of drug-likeness (QED) is 0.568. The third-order valence-electron chi connectivity index (χ3n) is 2.02. The van der Waals surface area contributed by atoms with E-state index in [0.29, 0.717) is 6.29 Å². The second-order valence-corrected chi connectivity index (χ2v) is 3.38. The Labute approximate surface area is 97.5 Å². The van der Waals surface area contributed by atoms with Crippen molar-refractivity contribution in [3.05, 3.63) is 17.9 Å². The molecule has 0 radical (unpaired) electrons. The van der Waals surface area contributed by atoms with Gasteiger partial charge >= 0.3 is 11.9 Å². The molecule has 17 heavy (non-hydrogen) atoms. The normalized spacial score (nSPS) is 11.6. The molecule has 92 valence electrons. The Kier molecular flexibility index (Phi) is 4.45. The van der Waals surface area contributed by atoms with Crippen molar-refractivity contribution in [3.63, 3.8) is 0 Å². The van der Waals surface area contributed by atoms with Gasteiger partial charge in [0.15, 0.2) is 12.0 Å². The number of hydrogen-bond donors (Lipinski definition) is 0. The summed E-state index contributed by atoms with van der Waals surface area (Å²) in [5, 5.41) is 0. The van der Waals surface area contributed by atoms with Gasteiger partial charge in [-0.1, -0.05) is 6.92 Å². The van der Waals surface area contributed by atoms with Crippen LogP contribution >= 0.6 is 0 Å². The van der Waals surface area contributed by atoms with E-state index in [-0.39, 0.29) is 18.1 Å². The molecule has 0 aliphatic heterocycles. The van der Waals surface area contributed by atoms with Gasteiger partial charge in [0.05, 0.1) is 19.4 Å². The number of esters is 2. The average molecular weight is 240 g/mol. The maximum atomic E-state index is 11.5. The second kappa shape index (κ2) is 5.83. The Morgan fingerprint density at radius 3 is 2.71 bits per heavy atom. The van der Waals surface area contributed by atoms with Gasteiger partial charge < -0.3 is 13.9 Å². The summed E-state index contributed by atoms with van der Waals surface area (Å²) in [5.74, 6) is -1.78. The molecule has 0 aromatic carbocycles. The third-order valence-corrected chi connectivity index (χ3v) is 2.02. The first-order valence-corrected chi connectivity index (χ1v) is 4.90. The van der Waals surface area contributed by atoms with E-state index < -0.39 is 17.9 Å². The molecule has 0 bridgehead atoms. The highest BCUT2D eigenvalue weighted by atomic mass is 16.6. The smallest absolute Gasteiger partial charge is 0.317 e. The van der Waals surface area contributed by atoms with Gasteiger partial charge in [-0.2, -0.15) is 0 Å². The molecule has 1 aromatic heterocycles. The SMILES string of the molecule is COC(=O)CC(C)C(=O)Oc1ccc(C=O)o1. The van der Waals surface area contributed by atoms with Crippen molar-refractivity contribution < 1.29 is 28.3 Å². The van der Waals surface area contributed by atoms with Crippen molar-refractivity contribution in [2.24, 2.45) is 5.92 Å². The van der Waals surface area contributed by atoms with E-state index in [1.807, 2.05) is 0 Å². The molecule has 1 unspecified atom stereocenters. The van der Waals surface area contributed by atoms with Crippen LogP contribution in [0.5, 0.6) is 5.95 Å². The lowest BCUT2D eigenvalue weighted by molar-refractivity contribution is -0.148. The van der Waals surface area contributed by atoms with Crippen LogP contribution in [0, 0.1) is 5.92 Å². The van der Waals surface area contributed by atoms with Gasteiger partial charge in [-0.25, -0.2) is 0 Å². The number of furan rings is 1. The summed E-state index contributed by atoms with van der Waals surface area (Å²) in [6.07, 6.45) is 0.422. The van der Waals surface area contributed by atoms with Crippen LogP contribution in [0.25, 0.3) is 0 Å². The Morgan fingerprint density at radius 1 is 1.47 bits per heavy atom. The maximum absolute atomic E-state index is 11.5. The number of carbonyl (C=O) groups is 3. The molecule has 1 rings (SSSR count). The lowest BCUT2D eigenvalue weighted by Crippen LogP contribution is -2.21. The average Bonchev–Trinajstić information content (AvgIpc) is 2.76. The summed E-state index contributed by atoms with van der Waals surface area (Å²) in [4.78, 5) is 32.7. The molecule has 0 aliphatic rings. The lowest BCUT2D eigenvalue weighted by atomic mass is 10.1. The van der Waals surface area contributed by atoms with Gasteiger partial charge in [0.2, 0.25) is 0 Å². The minimum atomic E-state index is -0.646. The largest absolute Gasteiger partial charge is 0.469 e. The second-order valence-electron chi connectivity index (χ2n) is 3.38. The molecule has 0 saturated carbocycles. The molecule has 0 fully saturated rings. The Hall–Kier alpha value is -2.11. The van der Waals surface area contributed by atoms with E-state index in [9.17, 15) is 14.4 Å². The minimum absolute atomic E-state index is 0.0634.